The third-order valence-electron chi connectivity index (χ3n) is 2.43. The number of thioether (sulfide) groups is 1. The third-order valence-corrected chi connectivity index (χ3v) is 3.71. The highest BCUT2D eigenvalue weighted by Crippen LogP contribution is 2.19. The van der Waals surface area contributed by atoms with Crippen LogP contribution in [0.25, 0.3) is 0 Å². The Morgan fingerprint density at radius 1 is 1.47 bits per heavy atom. The molecular weight excluding hydrogens is 236 g/mol. The van der Waals surface area contributed by atoms with Crippen molar-refractivity contribution in [3.05, 3.63) is 10.5 Å². The predicted molar refractivity (Wildman–Crippen MR) is 71.7 cm³/mol. The molecule has 0 bridgehead atoms. The molecule has 1 unspecified atom stereocenters. The molecule has 98 valence electrons. The fraction of sp³-hybridized carbons (Fsp3) is 0.818. The number of aromatic amines is 1. The summed E-state index contributed by atoms with van der Waals surface area (Å²) >= 11 is 1.64. The monoisotopic (exact) mass is 258 g/mol. The second-order valence-electron chi connectivity index (χ2n) is 4.50. The minimum absolute atomic E-state index is 0.123. The third kappa shape index (κ3) is 4.20. The van der Waals surface area contributed by atoms with E-state index in [1.165, 1.54) is 0 Å². The number of aromatic nitrogens is 3. The summed E-state index contributed by atoms with van der Waals surface area (Å²) in [7, 11) is 0. The fourth-order valence-corrected chi connectivity index (χ4v) is 2.61. The number of hydrogen-bond acceptors (Lipinski definition) is 4. The van der Waals surface area contributed by atoms with Crippen molar-refractivity contribution in [2.45, 2.75) is 38.9 Å². The summed E-state index contributed by atoms with van der Waals surface area (Å²) in [5.41, 5.74) is -0.123. The van der Waals surface area contributed by atoms with Crippen LogP contribution in [0.15, 0.2) is 9.95 Å². The van der Waals surface area contributed by atoms with Crippen LogP contribution < -0.4 is 11.0 Å². The maximum absolute atomic E-state index is 11.5. The minimum atomic E-state index is -0.123. The van der Waals surface area contributed by atoms with E-state index in [1.54, 1.807) is 16.3 Å². The number of H-pyrrole nitrogens is 1. The molecule has 6 heteroatoms. The SMILES string of the molecule is CCNCC(C)CSc1n[nH]c(=O)n1C(C)C. The molecule has 0 aromatic carbocycles. The topological polar surface area (TPSA) is 62.7 Å². The van der Waals surface area contributed by atoms with Crippen LogP contribution in [0.5, 0.6) is 0 Å². The molecule has 0 aliphatic rings. The van der Waals surface area contributed by atoms with Gasteiger partial charge in [-0.15, -0.1) is 5.10 Å². The van der Waals surface area contributed by atoms with Gasteiger partial charge in [0.15, 0.2) is 5.16 Å². The first kappa shape index (κ1) is 14.3. The normalized spacial score (nSPS) is 13.2. The zero-order valence-electron chi connectivity index (χ0n) is 11.0. The molecule has 1 atom stereocenters. The van der Waals surface area contributed by atoms with Gasteiger partial charge in [-0.05, 0) is 32.9 Å². The van der Waals surface area contributed by atoms with E-state index in [2.05, 4.69) is 29.4 Å². The van der Waals surface area contributed by atoms with Crippen molar-refractivity contribution in [3.8, 4) is 0 Å². The van der Waals surface area contributed by atoms with E-state index in [-0.39, 0.29) is 11.7 Å². The van der Waals surface area contributed by atoms with Crippen molar-refractivity contribution in [1.82, 2.24) is 20.1 Å². The lowest BCUT2D eigenvalue weighted by Gasteiger charge is -2.12. The van der Waals surface area contributed by atoms with Crippen LogP contribution in [0.3, 0.4) is 0 Å². The van der Waals surface area contributed by atoms with E-state index in [4.69, 9.17) is 0 Å². The van der Waals surface area contributed by atoms with Crippen molar-refractivity contribution in [2.24, 2.45) is 5.92 Å². The molecule has 1 heterocycles. The largest absolute Gasteiger partial charge is 0.344 e. The highest BCUT2D eigenvalue weighted by molar-refractivity contribution is 7.99. The van der Waals surface area contributed by atoms with E-state index >= 15 is 0 Å². The fourth-order valence-electron chi connectivity index (χ4n) is 1.51. The van der Waals surface area contributed by atoms with Crippen LogP contribution in [-0.4, -0.2) is 33.6 Å². The Morgan fingerprint density at radius 2 is 2.18 bits per heavy atom. The summed E-state index contributed by atoms with van der Waals surface area (Å²) in [4.78, 5) is 11.5. The second kappa shape index (κ2) is 6.86. The van der Waals surface area contributed by atoms with E-state index in [0.717, 1.165) is 24.0 Å². The first-order valence-electron chi connectivity index (χ1n) is 6.06. The Bertz CT molecular complexity index is 385. The van der Waals surface area contributed by atoms with Gasteiger partial charge < -0.3 is 5.32 Å². The van der Waals surface area contributed by atoms with Gasteiger partial charge in [-0.1, -0.05) is 25.6 Å². The molecular formula is C11H22N4OS. The van der Waals surface area contributed by atoms with Crippen molar-refractivity contribution in [3.63, 3.8) is 0 Å². The van der Waals surface area contributed by atoms with Crippen LogP contribution in [0.1, 0.15) is 33.7 Å². The van der Waals surface area contributed by atoms with Crippen molar-refractivity contribution in [2.75, 3.05) is 18.8 Å². The Labute approximate surface area is 106 Å². The van der Waals surface area contributed by atoms with Crippen LogP contribution in [0, 0.1) is 5.92 Å². The van der Waals surface area contributed by atoms with Gasteiger partial charge in [0.1, 0.15) is 0 Å². The highest BCUT2D eigenvalue weighted by Gasteiger charge is 2.12. The van der Waals surface area contributed by atoms with E-state index in [1.807, 2.05) is 13.8 Å². The molecule has 0 spiro atoms. The number of nitrogens with one attached hydrogen (secondary N) is 2. The Balaban J connectivity index is 2.54. The minimum Gasteiger partial charge on any atom is -0.317 e. The Hall–Kier alpha value is -0.750. The quantitative estimate of drug-likeness (QED) is 0.727. The highest BCUT2D eigenvalue weighted by atomic mass is 32.2. The molecule has 0 aliphatic carbocycles. The van der Waals surface area contributed by atoms with Gasteiger partial charge in [-0.2, -0.15) is 0 Å². The molecule has 0 saturated heterocycles. The molecule has 1 rings (SSSR count). The molecule has 1 aromatic heterocycles. The van der Waals surface area contributed by atoms with Gasteiger partial charge in [0.2, 0.25) is 0 Å². The van der Waals surface area contributed by atoms with Crippen LogP contribution in [0.2, 0.25) is 0 Å². The maximum atomic E-state index is 11.5. The summed E-state index contributed by atoms with van der Waals surface area (Å²) < 4.78 is 1.70. The smallest absolute Gasteiger partial charge is 0.317 e. The molecule has 2 N–H and O–H groups in total. The average molecular weight is 258 g/mol. The van der Waals surface area contributed by atoms with Crippen molar-refractivity contribution in [1.29, 1.82) is 0 Å². The lowest BCUT2D eigenvalue weighted by atomic mass is 10.2. The number of rotatable bonds is 7. The average Bonchev–Trinajstić information content (AvgIpc) is 2.65. The summed E-state index contributed by atoms with van der Waals surface area (Å²) in [6.07, 6.45) is 0. The van der Waals surface area contributed by atoms with Gasteiger partial charge in [-0.25, -0.2) is 9.89 Å². The van der Waals surface area contributed by atoms with Gasteiger partial charge in [-0.3, -0.25) is 4.57 Å². The zero-order valence-corrected chi connectivity index (χ0v) is 11.8. The summed E-state index contributed by atoms with van der Waals surface area (Å²) in [6, 6.07) is 0.146. The first-order valence-corrected chi connectivity index (χ1v) is 7.05. The molecule has 0 fully saturated rings. The Morgan fingerprint density at radius 3 is 2.76 bits per heavy atom. The summed E-state index contributed by atoms with van der Waals surface area (Å²) in [5.74, 6) is 1.52. The molecule has 0 saturated carbocycles. The van der Waals surface area contributed by atoms with Crippen LogP contribution >= 0.6 is 11.8 Å². The van der Waals surface area contributed by atoms with Crippen molar-refractivity contribution < 1.29 is 0 Å². The predicted octanol–water partition coefficient (Wildman–Crippen LogP) is 1.49. The molecule has 0 aliphatic heterocycles. The first-order chi connectivity index (χ1) is 8.06. The number of hydrogen-bond donors (Lipinski definition) is 2. The van der Waals surface area contributed by atoms with Crippen LogP contribution in [-0.2, 0) is 0 Å². The zero-order chi connectivity index (χ0) is 12.8. The second-order valence-corrected chi connectivity index (χ2v) is 5.49. The standard InChI is InChI=1S/C11H22N4OS/c1-5-12-6-9(4)7-17-11-14-13-10(16)15(11)8(2)3/h8-9,12H,5-7H2,1-4H3,(H,13,16). The van der Waals surface area contributed by atoms with E-state index < -0.39 is 0 Å². The van der Waals surface area contributed by atoms with Crippen molar-refractivity contribution >= 4 is 11.8 Å². The van der Waals surface area contributed by atoms with Gasteiger partial charge in [0.25, 0.3) is 0 Å². The molecule has 0 radical (unpaired) electrons. The van der Waals surface area contributed by atoms with E-state index in [0.29, 0.717) is 5.92 Å². The maximum Gasteiger partial charge on any atom is 0.344 e. The van der Waals surface area contributed by atoms with Gasteiger partial charge in [0.05, 0.1) is 0 Å². The van der Waals surface area contributed by atoms with Gasteiger partial charge in [0, 0.05) is 11.8 Å². The Kier molecular flexibility index (Phi) is 5.77. The van der Waals surface area contributed by atoms with E-state index in [9.17, 15) is 4.79 Å². The van der Waals surface area contributed by atoms with Crippen LogP contribution in [0.4, 0.5) is 0 Å². The summed E-state index contributed by atoms with van der Waals surface area (Å²) in [6.45, 7) is 10.3. The summed E-state index contributed by atoms with van der Waals surface area (Å²) in [5, 5.41) is 10.7. The number of nitrogens with zero attached hydrogens (tertiary/aromatic N) is 2. The molecule has 17 heavy (non-hydrogen) atoms. The molecule has 1 aromatic rings. The molecule has 5 nitrogen and oxygen atoms in total. The molecule has 0 amide bonds. The lowest BCUT2D eigenvalue weighted by molar-refractivity contribution is 0.531. The van der Waals surface area contributed by atoms with Gasteiger partial charge >= 0.3 is 5.69 Å². The lowest BCUT2D eigenvalue weighted by Crippen LogP contribution is -2.22.